The summed E-state index contributed by atoms with van der Waals surface area (Å²) in [6.07, 6.45) is 5.17. The van der Waals surface area contributed by atoms with Crippen LogP contribution in [0.5, 0.6) is 0 Å². The van der Waals surface area contributed by atoms with Crippen molar-refractivity contribution in [3.8, 4) is 0 Å². The van der Waals surface area contributed by atoms with Gasteiger partial charge in [0, 0.05) is 6.20 Å². The van der Waals surface area contributed by atoms with Crippen LogP contribution in [0.2, 0.25) is 0 Å². The van der Waals surface area contributed by atoms with E-state index in [1.807, 2.05) is 4.68 Å². The van der Waals surface area contributed by atoms with Crippen LogP contribution in [-0.4, -0.2) is 15.7 Å². The number of hydrogen-bond acceptors (Lipinski definition) is 3. The van der Waals surface area contributed by atoms with E-state index in [1.165, 1.54) is 6.42 Å². The summed E-state index contributed by atoms with van der Waals surface area (Å²) < 4.78 is 1.82. The molecule has 1 heterocycles. The molecule has 1 aliphatic rings. The molecule has 2 atom stereocenters. The number of nitrogens with two attached hydrogens (primary N) is 2. The van der Waals surface area contributed by atoms with Crippen LogP contribution in [0, 0.1) is 11.8 Å². The number of aromatic nitrogens is 2. The number of rotatable bonds is 2. The maximum absolute atomic E-state index is 11.1. The second-order valence-corrected chi connectivity index (χ2v) is 5.35. The quantitative estimate of drug-likeness (QED) is 0.817. The highest BCUT2D eigenvalue weighted by Gasteiger charge is 2.26. The number of nitrogens with zero attached hydrogens (tertiary/aromatic N) is 2. The van der Waals surface area contributed by atoms with Crippen LogP contribution in [0.4, 0.5) is 5.69 Å². The Morgan fingerprint density at radius 1 is 1.35 bits per heavy atom. The summed E-state index contributed by atoms with van der Waals surface area (Å²) in [4.78, 5) is 11.1. The van der Waals surface area contributed by atoms with Crippen molar-refractivity contribution in [2.24, 2.45) is 17.6 Å². The first-order chi connectivity index (χ1) is 7.97. The molecular formula is C12H20N4O. The Bertz CT molecular complexity index is 416. The van der Waals surface area contributed by atoms with Crippen LogP contribution in [0.25, 0.3) is 0 Å². The number of carbonyl (C=O) groups is 1. The molecule has 2 rings (SSSR count). The van der Waals surface area contributed by atoms with Crippen molar-refractivity contribution in [1.82, 2.24) is 9.78 Å². The molecule has 0 aromatic carbocycles. The summed E-state index contributed by atoms with van der Waals surface area (Å²) in [5.74, 6) is 0.815. The summed E-state index contributed by atoms with van der Waals surface area (Å²) in [5, 5.41) is 4.22. The molecule has 17 heavy (non-hydrogen) atoms. The molecule has 1 saturated carbocycles. The molecule has 1 aliphatic carbocycles. The zero-order valence-corrected chi connectivity index (χ0v) is 10.4. The summed E-state index contributed by atoms with van der Waals surface area (Å²) >= 11 is 0. The minimum atomic E-state index is -0.557. The Morgan fingerprint density at radius 3 is 2.41 bits per heavy atom. The average molecular weight is 236 g/mol. The van der Waals surface area contributed by atoms with E-state index in [4.69, 9.17) is 11.5 Å². The Balaban J connectivity index is 2.22. The number of carbonyl (C=O) groups excluding carboxylic acids is 1. The van der Waals surface area contributed by atoms with Crippen molar-refractivity contribution < 1.29 is 4.79 Å². The number of hydrogen-bond donors (Lipinski definition) is 2. The molecular weight excluding hydrogens is 216 g/mol. The molecule has 5 heteroatoms. The fraction of sp³-hybridized carbons (Fsp3) is 0.667. The van der Waals surface area contributed by atoms with E-state index in [-0.39, 0.29) is 5.69 Å². The van der Waals surface area contributed by atoms with Gasteiger partial charge in [-0.3, -0.25) is 9.48 Å². The van der Waals surface area contributed by atoms with Gasteiger partial charge in [-0.1, -0.05) is 13.8 Å². The van der Waals surface area contributed by atoms with Gasteiger partial charge in [-0.05, 0) is 31.1 Å². The second-order valence-electron chi connectivity index (χ2n) is 5.35. The van der Waals surface area contributed by atoms with Gasteiger partial charge in [0.2, 0.25) is 0 Å². The monoisotopic (exact) mass is 236 g/mol. The minimum absolute atomic E-state index is 0.191. The van der Waals surface area contributed by atoms with E-state index in [0.717, 1.165) is 12.8 Å². The van der Waals surface area contributed by atoms with Crippen molar-refractivity contribution in [2.45, 2.75) is 39.2 Å². The lowest BCUT2D eigenvalue weighted by molar-refractivity contribution is 0.0994. The predicted octanol–water partition coefficient (Wildman–Crippen LogP) is 1.56. The molecule has 2 unspecified atom stereocenters. The van der Waals surface area contributed by atoms with Gasteiger partial charge in [0.1, 0.15) is 0 Å². The van der Waals surface area contributed by atoms with Gasteiger partial charge in [-0.15, -0.1) is 0 Å². The van der Waals surface area contributed by atoms with Crippen LogP contribution >= 0.6 is 0 Å². The van der Waals surface area contributed by atoms with Gasteiger partial charge in [0.25, 0.3) is 5.91 Å². The van der Waals surface area contributed by atoms with E-state index >= 15 is 0 Å². The van der Waals surface area contributed by atoms with Crippen LogP contribution in [-0.2, 0) is 0 Å². The first kappa shape index (κ1) is 12.0. The summed E-state index contributed by atoms with van der Waals surface area (Å²) in [6.45, 7) is 4.51. The van der Waals surface area contributed by atoms with Crippen molar-refractivity contribution in [3.05, 3.63) is 11.9 Å². The maximum atomic E-state index is 11.1. The van der Waals surface area contributed by atoms with Crippen molar-refractivity contribution >= 4 is 11.6 Å². The lowest BCUT2D eigenvalue weighted by Gasteiger charge is -2.31. The summed E-state index contributed by atoms with van der Waals surface area (Å²) in [7, 11) is 0. The van der Waals surface area contributed by atoms with Gasteiger partial charge in [0.05, 0.1) is 11.7 Å². The lowest BCUT2D eigenvalue weighted by atomic mass is 9.80. The van der Waals surface area contributed by atoms with Crippen molar-refractivity contribution in [3.63, 3.8) is 0 Å². The van der Waals surface area contributed by atoms with E-state index < -0.39 is 5.91 Å². The van der Waals surface area contributed by atoms with Gasteiger partial charge >= 0.3 is 0 Å². The molecule has 0 aliphatic heterocycles. The highest BCUT2D eigenvalue weighted by Crippen LogP contribution is 2.36. The summed E-state index contributed by atoms with van der Waals surface area (Å²) in [5.41, 5.74) is 11.5. The molecule has 4 N–H and O–H groups in total. The highest BCUT2D eigenvalue weighted by atomic mass is 16.1. The molecule has 94 valence electrons. The first-order valence-electron chi connectivity index (χ1n) is 6.11. The second kappa shape index (κ2) is 4.39. The first-order valence-corrected chi connectivity index (χ1v) is 6.11. The van der Waals surface area contributed by atoms with Gasteiger partial charge in [-0.2, -0.15) is 5.10 Å². The van der Waals surface area contributed by atoms with Gasteiger partial charge < -0.3 is 11.5 Å². The molecule has 0 saturated heterocycles. The third kappa shape index (κ3) is 2.43. The molecule has 1 aromatic heterocycles. The molecule has 0 bridgehead atoms. The smallest absolute Gasteiger partial charge is 0.271 e. The van der Waals surface area contributed by atoms with Crippen molar-refractivity contribution in [2.75, 3.05) is 5.73 Å². The Morgan fingerprint density at radius 2 is 1.94 bits per heavy atom. The summed E-state index contributed by atoms with van der Waals surface area (Å²) in [6, 6.07) is 0.337. The Kier molecular flexibility index (Phi) is 3.09. The standard InChI is InChI=1S/C12H20N4O/c1-7-3-8(2)5-9(4-7)16-6-10(13)11(15-16)12(14)17/h6-9H,3-5,13H2,1-2H3,(H2,14,17). The van der Waals surface area contributed by atoms with Gasteiger partial charge in [0.15, 0.2) is 5.69 Å². The third-order valence-corrected chi connectivity index (χ3v) is 3.52. The SMILES string of the molecule is CC1CC(C)CC(n2cc(N)c(C(N)=O)n2)C1. The Hall–Kier alpha value is -1.52. The van der Waals surface area contributed by atoms with E-state index in [9.17, 15) is 4.79 Å². The molecule has 0 radical (unpaired) electrons. The molecule has 1 amide bonds. The fourth-order valence-corrected chi connectivity index (χ4v) is 2.90. The molecule has 1 fully saturated rings. The Labute approximate surface area is 101 Å². The predicted molar refractivity (Wildman–Crippen MR) is 66.4 cm³/mol. The number of nitrogen functional groups attached to an aromatic ring is 1. The minimum Gasteiger partial charge on any atom is -0.396 e. The number of amides is 1. The fourth-order valence-electron chi connectivity index (χ4n) is 2.90. The highest BCUT2D eigenvalue weighted by molar-refractivity contribution is 5.95. The average Bonchev–Trinajstić information content (AvgIpc) is 2.59. The van der Waals surface area contributed by atoms with E-state index in [1.54, 1.807) is 6.20 Å². The van der Waals surface area contributed by atoms with E-state index in [2.05, 4.69) is 18.9 Å². The zero-order chi connectivity index (χ0) is 12.6. The largest absolute Gasteiger partial charge is 0.396 e. The molecule has 5 nitrogen and oxygen atoms in total. The van der Waals surface area contributed by atoms with Crippen LogP contribution in [0.1, 0.15) is 49.6 Å². The zero-order valence-electron chi connectivity index (χ0n) is 10.4. The normalized spacial score (nSPS) is 29.2. The van der Waals surface area contributed by atoms with Gasteiger partial charge in [-0.25, -0.2) is 0 Å². The number of anilines is 1. The van der Waals surface area contributed by atoms with Crippen molar-refractivity contribution in [1.29, 1.82) is 0 Å². The third-order valence-electron chi connectivity index (χ3n) is 3.52. The van der Waals surface area contributed by atoms with E-state index in [0.29, 0.717) is 23.6 Å². The van der Waals surface area contributed by atoms with Crippen LogP contribution in [0.3, 0.4) is 0 Å². The molecule has 0 spiro atoms. The molecule has 1 aromatic rings. The number of primary amides is 1. The maximum Gasteiger partial charge on any atom is 0.271 e. The topological polar surface area (TPSA) is 86.9 Å². The van der Waals surface area contributed by atoms with Crippen LogP contribution in [0.15, 0.2) is 6.20 Å². The van der Waals surface area contributed by atoms with Crippen LogP contribution < -0.4 is 11.5 Å². The lowest BCUT2D eigenvalue weighted by Crippen LogP contribution is -2.23.